The van der Waals surface area contributed by atoms with Gasteiger partial charge in [0.25, 0.3) is 0 Å². The van der Waals surface area contributed by atoms with Gasteiger partial charge in [0.2, 0.25) is 21.8 Å². The van der Waals surface area contributed by atoms with Gasteiger partial charge in [-0.05, 0) is 37.3 Å². The zero-order chi connectivity index (χ0) is 20.7. The minimum Gasteiger partial charge on any atom is -0.325 e. The first-order valence-electron chi connectivity index (χ1n) is 8.45. The summed E-state index contributed by atoms with van der Waals surface area (Å²) in [6, 6.07) is 13.5. The van der Waals surface area contributed by atoms with Crippen molar-refractivity contribution < 1.29 is 18.0 Å². The van der Waals surface area contributed by atoms with E-state index < -0.39 is 10.0 Å². The molecule has 2 amide bonds. The maximum absolute atomic E-state index is 12.2. The van der Waals surface area contributed by atoms with Crippen LogP contribution in [0.15, 0.2) is 53.4 Å². The predicted molar refractivity (Wildman–Crippen MR) is 113 cm³/mol. The average molecular weight is 422 g/mol. The van der Waals surface area contributed by atoms with Gasteiger partial charge in [-0.2, -0.15) is 0 Å². The van der Waals surface area contributed by atoms with Gasteiger partial charge >= 0.3 is 0 Å². The summed E-state index contributed by atoms with van der Waals surface area (Å²) in [5.41, 5.74) is 2.20. The molecule has 2 aromatic carbocycles. The van der Waals surface area contributed by atoms with Gasteiger partial charge in [-0.25, -0.2) is 12.7 Å². The lowest BCUT2D eigenvalue weighted by Crippen LogP contribution is -2.22. The Kier molecular flexibility index (Phi) is 7.61. The molecular weight excluding hydrogens is 398 g/mol. The first-order chi connectivity index (χ1) is 13.2. The number of carbonyl (C=O) groups is 2. The van der Waals surface area contributed by atoms with Gasteiger partial charge in [-0.15, -0.1) is 11.8 Å². The fourth-order valence-corrected chi connectivity index (χ4v) is 3.78. The van der Waals surface area contributed by atoms with Gasteiger partial charge in [0.1, 0.15) is 0 Å². The second-order valence-electron chi connectivity index (χ2n) is 6.27. The average Bonchev–Trinajstić information content (AvgIpc) is 2.63. The summed E-state index contributed by atoms with van der Waals surface area (Å²) in [6.07, 6.45) is 0. The number of hydrogen-bond acceptors (Lipinski definition) is 5. The third-order valence-electron chi connectivity index (χ3n) is 3.70. The van der Waals surface area contributed by atoms with Crippen LogP contribution in [0.3, 0.4) is 0 Å². The number of thioether (sulfide) groups is 1. The number of aryl methyl sites for hydroxylation is 1. The highest BCUT2D eigenvalue weighted by Crippen LogP contribution is 2.18. The number of carbonyl (C=O) groups excluding carboxylic acids is 2. The molecule has 0 bridgehead atoms. The lowest BCUT2D eigenvalue weighted by atomic mass is 10.2. The molecule has 0 fully saturated rings. The molecule has 0 atom stereocenters. The van der Waals surface area contributed by atoms with Crippen LogP contribution < -0.4 is 10.6 Å². The highest BCUT2D eigenvalue weighted by atomic mass is 32.2. The third-order valence-corrected chi connectivity index (χ3v) is 6.44. The molecule has 0 radical (unpaired) electrons. The summed E-state index contributed by atoms with van der Waals surface area (Å²) in [6.45, 7) is 1.96. The summed E-state index contributed by atoms with van der Waals surface area (Å²) in [5.74, 6) is -0.296. The number of nitrogens with zero attached hydrogens (tertiary/aromatic N) is 1. The molecule has 28 heavy (non-hydrogen) atoms. The van der Waals surface area contributed by atoms with Crippen LogP contribution in [0.1, 0.15) is 5.56 Å². The molecule has 0 spiro atoms. The number of nitrogens with one attached hydrogen (secondary N) is 2. The van der Waals surface area contributed by atoms with Crippen LogP contribution in [0.2, 0.25) is 0 Å². The minimum atomic E-state index is -3.57. The fourth-order valence-electron chi connectivity index (χ4n) is 2.21. The minimum absolute atomic E-state index is 0.0754. The summed E-state index contributed by atoms with van der Waals surface area (Å²) < 4.78 is 25.4. The Morgan fingerprint density at radius 1 is 0.929 bits per heavy atom. The van der Waals surface area contributed by atoms with Crippen LogP contribution in [0.5, 0.6) is 0 Å². The number of benzene rings is 2. The lowest BCUT2D eigenvalue weighted by Gasteiger charge is -2.12. The largest absolute Gasteiger partial charge is 0.325 e. The smallest absolute Gasteiger partial charge is 0.242 e. The molecule has 9 heteroatoms. The van der Waals surface area contributed by atoms with Gasteiger partial charge in [0.05, 0.1) is 16.4 Å². The number of sulfonamides is 1. The molecule has 0 aromatic heterocycles. The Morgan fingerprint density at radius 3 is 2.07 bits per heavy atom. The quantitative estimate of drug-likeness (QED) is 0.683. The van der Waals surface area contributed by atoms with Gasteiger partial charge in [0, 0.05) is 25.5 Å². The molecule has 150 valence electrons. The Bertz CT molecular complexity index is 942. The molecule has 2 aromatic rings. The van der Waals surface area contributed by atoms with Crippen molar-refractivity contribution in [3.63, 3.8) is 0 Å². The number of rotatable bonds is 8. The highest BCUT2D eigenvalue weighted by Gasteiger charge is 2.17. The number of hydrogen-bond donors (Lipinski definition) is 2. The van der Waals surface area contributed by atoms with Crippen LogP contribution in [-0.2, 0) is 19.6 Å². The van der Waals surface area contributed by atoms with Crippen LogP contribution in [0.25, 0.3) is 0 Å². The predicted octanol–water partition coefficient (Wildman–Crippen LogP) is 2.56. The standard InChI is InChI=1S/C19H23N3O4S2/c1-14-7-9-15(10-8-14)20-18(23)12-27-13-19(24)21-16-5-4-6-17(11-16)28(25,26)22(2)3/h4-11H,12-13H2,1-3H3,(H,20,23)(H,21,24). The van der Waals surface area contributed by atoms with E-state index in [-0.39, 0.29) is 28.2 Å². The van der Waals surface area contributed by atoms with E-state index in [4.69, 9.17) is 0 Å². The Morgan fingerprint density at radius 2 is 1.50 bits per heavy atom. The van der Waals surface area contributed by atoms with E-state index in [0.29, 0.717) is 11.4 Å². The van der Waals surface area contributed by atoms with E-state index in [1.54, 1.807) is 12.1 Å². The van der Waals surface area contributed by atoms with Crippen molar-refractivity contribution in [3.8, 4) is 0 Å². The number of anilines is 2. The fraction of sp³-hybridized carbons (Fsp3) is 0.263. The molecule has 0 saturated carbocycles. The van der Waals surface area contributed by atoms with E-state index in [9.17, 15) is 18.0 Å². The maximum Gasteiger partial charge on any atom is 0.242 e. The second-order valence-corrected chi connectivity index (χ2v) is 9.41. The zero-order valence-electron chi connectivity index (χ0n) is 15.9. The highest BCUT2D eigenvalue weighted by molar-refractivity contribution is 8.00. The van der Waals surface area contributed by atoms with Gasteiger partial charge in [0.15, 0.2) is 0 Å². The summed E-state index contributed by atoms with van der Waals surface area (Å²) in [7, 11) is -0.685. The van der Waals surface area contributed by atoms with E-state index in [1.165, 1.54) is 38.0 Å². The molecule has 7 nitrogen and oxygen atoms in total. The van der Waals surface area contributed by atoms with Crippen molar-refractivity contribution in [2.45, 2.75) is 11.8 Å². The zero-order valence-corrected chi connectivity index (χ0v) is 17.6. The summed E-state index contributed by atoms with van der Waals surface area (Å²) in [5, 5.41) is 5.41. The van der Waals surface area contributed by atoms with Gasteiger partial charge < -0.3 is 10.6 Å². The molecule has 0 unspecified atom stereocenters. The van der Waals surface area contributed by atoms with Crippen LogP contribution >= 0.6 is 11.8 Å². The Labute approximate surface area is 169 Å². The summed E-state index contributed by atoms with van der Waals surface area (Å²) >= 11 is 1.18. The van der Waals surface area contributed by atoms with Crippen molar-refractivity contribution in [2.24, 2.45) is 0 Å². The van der Waals surface area contributed by atoms with Crippen molar-refractivity contribution in [3.05, 3.63) is 54.1 Å². The SMILES string of the molecule is Cc1ccc(NC(=O)CSCC(=O)Nc2cccc(S(=O)(=O)N(C)C)c2)cc1. The summed E-state index contributed by atoms with van der Waals surface area (Å²) in [4.78, 5) is 24.1. The number of amides is 2. The maximum atomic E-state index is 12.2. The van der Waals surface area contributed by atoms with E-state index in [0.717, 1.165) is 9.87 Å². The van der Waals surface area contributed by atoms with Crippen molar-refractivity contribution >= 4 is 45.0 Å². The van der Waals surface area contributed by atoms with E-state index in [2.05, 4.69) is 10.6 Å². The van der Waals surface area contributed by atoms with Gasteiger partial charge in [-0.1, -0.05) is 23.8 Å². The molecule has 0 aliphatic heterocycles. The van der Waals surface area contributed by atoms with Gasteiger partial charge in [-0.3, -0.25) is 9.59 Å². The molecule has 0 aliphatic rings. The normalized spacial score (nSPS) is 11.3. The van der Waals surface area contributed by atoms with Crippen molar-refractivity contribution in [2.75, 3.05) is 36.2 Å². The van der Waals surface area contributed by atoms with E-state index >= 15 is 0 Å². The third kappa shape index (κ3) is 6.36. The molecular formula is C19H23N3O4S2. The second kappa shape index (κ2) is 9.72. The van der Waals surface area contributed by atoms with Crippen LogP contribution in [0, 0.1) is 6.92 Å². The molecule has 0 aliphatic carbocycles. The molecule has 2 rings (SSSR count). The Balaban J connectivity index is 1.83. The monoisotopic (exact) mass is 421 g/mol. The van der Waals surface area contributed by atoms with Crippen LogP contribution in [0.4, 0.5) is 11.4 Å². The lowest BCUT2D eigenvalue weighted by molar-refractivity contribution is -0.114. The molecule has 2 N–H and O–H groups in total. The first-order valence-corrected chi connectivity index (χ1v) is 11.0. The van der Waals surface area contributed by atoms with Crippen molar-refractivity contribution in [1.82, 2.24) is 4.31 Å². The van der Waals surface area contributed by atoms with Crippen LogP contribution in [-0.4, -0.2) is 50.1 Å². The molecule has 0 saturated heterocycles. The topological polar surface area (TPSA) is 95.6 Å². The van der Waals surface area contributed by atoms with E-state index in [1.807, 2.05) is 31.2 Å². The Hall–Kier alpha value is -2.36. The molecule has 0 heterocycles. The first kappa shape index (κ1) is 21.9. The van der Waals surface area contributed by atoms with Crippen molar-refractivity contribution in [1.29, 1.82) is 0 Å².